The molecule has 0 aliphatic heterocycles. The van der Waals surface area contributed by atoms with Crippen LogP contribution in [0.5, 0.6) is 5.75 Å². The van der Waals surface area contributed by atoms with Gasteiger partial charge in [-0.15, -0.1) is 0 Å². The first-order valence-electron chi connectivity index (χ1n) is 11.8. The molecule has 0 heterocycles. The Morgan fingerprint density at radius 3 is 2.34 bits per heavy atom. The van der Waals surface area contributed by atoms with Gasteiger partial charge in [0.25, 0.3) is 0 Å². The van der Waals surface area contributed by atoms with E-state index in [1.165, 1.54) is 4.31 Å². The SMILES string of the molecule is CCC(C)NC(=O)C(C)N(Cc1cccc(OC)c1)C(=O)CCCN(c1ccccc1)S(C)(=O)=O. The summed E-state index contributed by atoms with van der Waals surface area (Å²) in [5.41, 5.74) is 1.39. The number of nitrogens with one attached hydrogen (secondary N) is 1. The van der Waals surface area contributed by atoms with Crippen molar-refractivity contribution in [2.75, 3.05) is 24.2 Å². The van der Waals surface area contributed by atoms with Crippen molar-refractivity contribution in [2.24, 2.45) is 0 Å². The second kappa shape index (κ2) is 13.1. The highest BCUT2D eigenvalue weighted by molar-refractivity contribution is 7.92. The maximum Gasteiger partial charge on any atom is 0.242 e. The molecule has 2 aromatic carbocycles. The van der Waals surface area contributed by atoms with E-state index in [1.807, 2.05) is 44.2 Å². The third-order valence-electron chi connectivity index (χ3n) is 5.85. The second-order valence-electron chi connectivity index (χ2n) is 8.64. The lowest BCUT2D eigenvalue weighted by Crippen LogP contribution is -2.49. The smallest absolute Gasteiger partial charge is 0.242 e. The number of benzene rings is 2. The number of para-hydroxylation sites is 1. The fourth-order valence-corrected chi connectivity index (χ4v) is 4.58. The van der Waals surface area contributed by atoms with E-state index in [1.54, 1.807) is 43.2 Å². The second-order valence-corrected chi connectivity index (χ2v) is 10.5. The largest absolute Gasteiger partial charge is 0.497 e. The molecule has 8 nitrogen and oxygen atoms in total. The molecule has 2 aromatic rings. The van der Waals surface area contributed by atoms with Gasteiger partial charge in [0.05, 0.1) is 19.1 Å². The van der Waals surface area contributed by atoms with Crippen LogP contribution in [0.1, 0.15) is 45.6 Å². The van der Waals surface area contributed by atoms with Crippen molar-refractivity contribution in [3.05, 3.63) is 60.2 Å². The summed E-state index contributed by atoms with van der Waals surface area (Å²) >= 11 is 0. The minimum atomic E-state index is -3.51. The molecule has 0 aliphatic rings. The monoisotopic (exact) mass is 503 g/mol. The van der Waals surface area contributed by atoms with Gasteiger partial charge in [0.1, 0.15) is 11.8 Å². The fourth-order valence-electron chi connectivity index (χ4n) is 3.61. The molecule has 0 saturated heterocycles. The molecule has 9 heteroatoms. The summed E-state index contributed by atoms with van der Waals surface area (Å²) in [6, 6.07) is 15.5. The summed E-state index contributed by atoms with van der Waals surface area (Å²) in [5, 5.41) is 2.94. The first-order chi connectivity index (χ1) is 16.6. The highest BCUT2D eigenvalue weighted by Crippen LogP contribution is 2.20. The molecule has 192 valence electrons. The Bertz CT molecular complexity index is 1080. The van der Waals surface area contributed by atoms with Crippen molar-refractivity contribution in [1.29, 1.82) is 0 Å². The molecular weight excluding hydrogens is 466 g/mol. The van der Waals surface area contributed by atoms with Gasteiger partial charge in [-0.2, -0.15) is 0 Å². The molecule has 0 spiro atoms. The molecule has 0 bridgehead atoms. The third kappa shape index (κ3) is 8.58. The van der Waals surface area contributed by atoms with Crippen LogP contribution in [-0.4, -0.2) is 57.1 Å². The first-order valence-corrected chi connectivity index (χ1v) is 13.7. The predicted octanol–water partition coefficient (Wildman–Crippen LogP) is 3.57. The molecule has 2 amide bonds. The van der Waals surface area contributed by atoms with Gasteiger partial charge in [-0.05, 0) is 56.5 Å². The molecular formula is C26H37N3O5S. The molecule has 2 unspecified atom stereocenters. The number of rotatable bonds is 13. The number of anilines is 1. The number of carbonyl (C=O) groups excluding carboxylic acids is 2. The van der Waals surface area contributed by atoms with Crippen molar-refractivity contribution >= 4 is 27.5 Å². The first kappa shape index (κ1) is 28.2. The van der Waals surface area contributed by atoms with E-state index >= 15 is 0 Å². The minimum absolute atomic E-state index is 0.00656. The average Bonchev–Trinajstić information content (AvgIpc) is 2.84. The Morgan fingerprint density at radius 1 is 1.06 bits per heavy atom. The normalized spacial score (nSPS) is 12.9. The van der Waals surface area contributed by atoms with Crippen LogP contribution in [0.15, 0.2) is 54.6 Å². The van der Waals surface area contributed by atoms with Crippen molar-refractivity contribution in [3.63, 3.8) is 0 Å². The van der Waals surface area contributed by atoms with E-state index in [4.69, 9.17) is 4.74 Å². The lowest BCUT2D eigenvalue weighted by atomic mass is 10.1. The van der Waals surface area contributed by atoms with E-state index < -0.39 is 16.1 Å². The maximum atomic E-state index is 13.3. The highest BCUT2D eigenvalue weighted by Gasteiger charge is 2.27. The zero-order chi connectivity index (χ0) is 26.0. The van der Waals surface area contributed by atoms with Crippen LogP contribution in [0, 0.1) is 0 Å². The molecule has 0 aromatic heterocycles. The fraction of sp³-hybridized carbons (Fsp3) is 0.462. The van der Waals surface area contributed by atoms with Crippen LogP contribution in [0.25, 0.3) is 0 Å². The molecule has 0 radical (unpaired) electrons. The summed E-state index contributed by atoms with van der Waals surface area (Å²) in [6.07, 6.45) is 2.35. The Labute approximate surface area is 209 Å². The molecule has 0 saturated carbocycles. The van der Waals surface area contributed by atoms with Gasteiger partial charge in [-0.25, -0.2) is 8.42 Å². The predicted molar refractivity (Wildman–Crippen MR) is 139 cm³/mol. The van der Waals surface area contributed by atoms with E-state index in [2.05, 4.69) is 5.32 Å². The number of methoxy groups -OCH3 is 1. The topological polar surface area (TPSA) is 96.0 Å². The summed E-state index contributed by atoms with van der Waals surface area (Å²) in [4.78, 5) is 27.7. The van der Waals surface area contributed by atoms with Gasteiger partial charge in [0, 0.05) is 25.6 Å². The lowest BCUT2D eigenvalue weighted by molar-refractivity contribution is -0.140. The van der Waals surface area contributed by atoms with E-state index in [-0.39, 0.29) is 37.4 Å². The van der Waals surface area contributed by atoms with Crippen molar-refractivity contribution in [3.8, 4) is 5.75 Å². The summed E-state index contributed by atoms with van der Waals surface area (Å²) in [5.74, 6) is 0.219. The molecule has 2 rings (SSSR count). The number of sulfonamides is 1. The van der Waals surface area contributed by atoms with Gasteiger partial charge in [-0.3, -0.25) is 13.9 Å². The van der Waals surface area contributed by atoms with E-state index in [0.29, 0.717) is 17.9 Å². The number of nitrogens with zero attached hydrogens (tertiary/aromatic N) is 2. The van der Waals surface area contributed by atoms with Crippen LogP contribution >= 0.6 is 0 Å². The molecule has 1 N–H and O–H groups in total. The van der Waals surface area contributed by atoms with Crippen LogP contribution in [0.3, 0.4) is 0 Å². The molecule has 0 fully saturated rings. The van der Waals surface area contributed by atoms with E-state index in [0.717, 1.165) is 18.2 Å². The molecule has 0 aliphatic carbocycles. The van der Waals surface area contributed by atoms with Crippen LogP contribution in [0.4, 0.5) is 5.69 Å². The van der Waals surface area contributed by atoms with Crippen molar-refractivity contribution in [1.82, 2.24) is 10.2 Å². The number of carbonyl (C=O) groups is 2. The number of hydrogen-bond donors (Lipinski definition) is 1. The average molecular weight is 504 g/mol. The van der Waals surface area contributed by atoms with Crippen molar-refractivity contribution < 1.29 is 22.7 Å². The zero-order valence-corrected chi connectivity index (χ0v) is 22.0. The Morgan fingerprint density at radius 2 is 1.74 bits per heavy atom. The van der Waals surface area contributed by atoms with Gasteiger partial charge < -0.3 is 15.0 Å². The maximum absolute atomic E-state index is 13.3. The highest BCUT2D eigenvalue weighted by atomic mass is 32.2. The Balaban J connectivity index is 2.17. The van der Waals surface area contributed by atoms with Gasteiger partial charge in [0.2, 0.25) is 21.8 Å². The van der Waals surface area contributed by atoms with Crippen molar-refractivity contribution in [2.45, 2.75) is 58.7 Å². The zero-order valence-electron chi connectivity index (χ0n) is 21.2. The molecule has 2 atom stereocenters. The summed E-state index contributed by atoms with van der Waals surface area (Å²) < 4.78 is 31.3. The van der Waals surface area contributed by atoms with Crippen LogP contribution < -0.4 is 14.4 Å². The number of ether oxygens (including phenoxy) is 1. The third-order valence-corrected chi connectivity index (χ3v) is 7.05. The molecule has 35 heavy (non-hydrogen) atoms. The van der Waals surface area contributed by atoms with Gasteiger partial charge in [0.15, 0.2) is 0 Å². The van der Waals surface area contributed by atoms with Gasteiger partial charge in [-0.1, -0.05) is 37.3 Å². The lowest BCUT2D eigenvalue weighted by Gasteiger charge is -2.30. The summed E-state index contributed by atoms with van der Waals surface area (Å²) in [7, 11) is -1.93. The quantitative estimate of drug-likeness (QED) is 0.451. The van der Waals surface area contributed by atoms with Crippen LogP contribution in [-0.2, 0) is 26.2 Å². The number of hydrogen-bond acceptors (Lipinski definition) is 5. The Kier molecular flexibility index (Phi) is 10.6. The number of amides is 2. The van der Waals surface area contributed by atoms with E-state index in [9.17, 15) is 18.0 Å². The minimum Gasteiger partial charge on any atom is -0.497 e. The standard InChI is InChI=1S/C26H37N3O5S/c1-6-20(2)27-26(31)21(3)28(19-22-12-10-15-24(18-22)34-4)25(30)16-11-17-29(35(5,32)33)23-13-8-7-9-14-23/h7-10,12-15,18,20-21H,6,11,16-17,19H2,1-5H3,(H,27,31). The van der Waals surface area contributed by atoms with Gasteiger partial charge >= 0.3 is 0 Å². The summed E-state index contributed by atoms with van der Waals surface area (Å²) in [6.45, 7) is 6.01. The van der Waals surface area contributed by atoms with Crippen LogP contribution in [0.2, 0.25) is 0 Å². The Hall–Kier alpha value is -3.07.